The predicted octanol–water partition coefficient (Wildman–Crippen LogP) is 0.738. The highest BCUT2D eigenvalue weighted by Crippen LogP contribution is 2.08. The number of carbonyl (C=O) groups is 2. The Morgan fingerprint density at radius 2 is 2.00 bits per heavy atom. The van der Waals surface area contributed by atoms with Gasteiger partial charge in [0.2, 0.25) is 0 Å². The molecule has 0 saturated carbocycles. The van der Waals surface area contributed by atoms with Crippen LogP contribution >= 0.6 is 0 Å². The summed E-state index contributed by atoms with van der Waals surface area (Å²) in [6.45, 7) is 3.33. The quantitative estimate of drug-likeness (QED) is 0.578. The molecule has 0 fully saturated rings. The van der Waals surface area contributed by atoms with E-state index in [0.29, 0.717) is 0 Å². The molecule has 0 aliphatic heterocycles. The van der Waals surface area contributed by atoms with Crippen LogP contribution in [0.3, 0.4) is 0 Å². The standard InChI is InChI=1S/C7H10O4/c1-2-3-5(7(10)11)4-6(8)9/h2,5H,1,3-4H2,(H,8,9)(H,10,11)/t5-/m1/s1. The molecule has 2 N–H and O–H groups in total. The van der Waals surface area contributed by atoms with Gasteiger partial charge in [-0.25, -0.2) is 0 Å². The fraction of sp³-hybridized carbons (Fsp3) is 0.429. The van der Waals surface area contributed by atoms with Gasteiger partial charge in [0.25, 0.3) is 0 Å². The van der Waals surface area contributed by atoms with E-state index in [1.807, 2.05) is 0 Å². The van der Waals surface area contributed by atoms with Gasteiger partial charge in [0, 0.05) is 0 Å². The van der Waals surface area contributed by atoms with Gasteiger partial charge in [-0.15, -0.1) is 6.58 Å². The van der Waals surface area contributed by atoms with Crippen molar-refractivity contribution in [3.8, 4) is 0 Å². The van der Waals surface area contributed by atoms with E-state index in [2.05, 4.69) is 6.58 Å². The molecule has 1 atom stereocenters. The van der Waals surface area contributed by atoms with E-state index >= 15 is 0 Å². The average Bonchev–Trinajstić information content (AvgIpc) is 1.86. The summed E-state index contributed by atoms with van der Waals surface area (Å²) in [5.74, 6) is -3.03. The van der Waals surface area contributed by atoms with E-state index in [1.165, 1.54) is 6.08 Å². The van der Waals surface area contributed by atoms with Gasteiger partial charge in [0.05, 0.1) is 12.3 Å². The first-order valence-corrected chi connectivity index (χ1v) is 3.13. The molecule has 0 heterocycles. The van der Waals surface area contributed by atoms with Crippen molar-refractivity contribution in [2.75, 3.05) is 0 Å². The molecule has 4 nitrogen and oxygen atoms in total. The lowest BCUT2D eigenvalue weighted by Crippen LogP contribution is -2.16. The first kappa shape index (κ1) is 9.68. The third-order valence-corrected chi connectivity index (χ3v) is 1.22. The number of hydrogen-bond donors (Lipinski definition) is 2. The number of aliphatic carboxylic acids is 2. The molecule has 0 aromatic heterocycles. The fourth-order valence-corrected chi connectivity index (χ4v) is 0.683. The van der Waals surface area contributed by atoms with Gasteiger partial charge in [-0.1, -0.05) is 6.08 Å². The molecule has 0 rings (SSSR count). The molecule has 11 heavy (non-hydrogen) atoms. The molecule has 0 saturated heterocycles. The molecular formula is C7H10O4. The molecule has 0 amide bonds. The van der Waals surface area contributed by atoms with E-state index in [4.69, 9.17) is 10.2 Å². The number of hydrogen-bond acceptors (Lipinski definition) is 2. The summed E-state index contributed by atoms with van der Waals surface area (Å²) in [4.78, 5) is 20.4. The van der Waals surface area contributed by atoms with Crippen molar-refractivity contribution in [1.29, 1.82) is 0 Å². The zero-order valence-electron chi connectivity index (χ0n) is 5.99. The zero-order valence-corrected chi connectivity index (χ0v) is 5.99. The van der Waals surface area contributed by atoms with E-state index in [1.54, 1.807) is 0 Å². The van der Waals surface area contributed by atoms with E-state index in [9.17, 15) is 9.59 Å². The molecule has 62 valence electrons. The Kier molecular flexibility index (Phi) is 3.95. The van der Waals surface area contributed by atoms with E-state index in [-0.39, 0.29) is 12.8 Å². The fourth-order valence-electron chi connectivity index (χ4n) is 0.683. The third kappa shape index (κ3) is 4.13. The maximum Gasteiger partial charge on any atom is 0.307 e. The second-order valence-electron chi connectivity index (χ2n) is 2.16. The molecule has 0 aliphatic carbocycles. The van der Waals surface area contributed by atoms with Crippen molar-refractivity contribution in [3.05, 3.63) is 12.7 Å². The minimum atomic E-state index is -1.10. The van der Waals surface area contributed by atoms with Gasteiger partial charge in [-0.2, -0.15) is 0 Å². The normalized spacial score (nSPS) is 12.0. The maximum absolute atomic E-state index is 10.3. The third-order valence-electron chi connectivity index (χ3n) is 1.22. The molecule has 0 radical (unpaired) electrons. The Balaban J connectivity index is 3.99. The highest BCUT2D eigenvalue weighted by Gasteiger charge is 2.18. The second kappa shape index (κ2) is 4.49. The lowest BCUT2D eigenvalue weighted by Gasteiger charge is -2.04. The molecule has 0 aliphatic rings. The van der Waals surface area contributed by atoms with Gasteiger partial charge < -0.3 is 10.2 Å². The first-order chi connectivity index (χ1) is 5.07. The van der Waals surface area contributed by atoms with Gasteiger partial charge >= 0.3 is 11.9 Å². The van der Waals surface area contributed by atoms with Gasteiger partial charge in [-0.3, -0.25) is 9.59 Å². The molecular weight excluding hydrogens is 148 g/mol. The Labute approximate surface area is 64.2 Å². The van der Waals surface area contributed by atoms with Gasteiger partial charge in [0.1, 0.15) is 0 Å². The van der Waals surface area contributed by atoms with Crippen LogP contribution in [0.5, 0.6) is 0 Å². The average molecular weight is 158 g/mol. The molecule has 0 unspecified atom stereocenters. The Bertz CT molecular complexity index is 173. The van der Waals surface area contributed by atoms with Crippen LogP contribution in [-0.2, 0) is 9.59 Å². The second-order valence-corrected chi connectivity index (χ2v) is 2.16. The van der Waals surface area contributed by atoms with E-state index in [0.717, 1.165) is 0 Å². The lowest BCUT2D eigenvalue weighted by atomic mass is 10.0. The summed E-state index contributed by atoms with van der Waals surface area (Å²) in [5.41, 5.74) is 0. The van der Waals surface area contributed by atoms with Crippen molar-refractivity contribution < 1.29 is 19.8 Å². The number of allylic oxidation sites excluding steroid dienone is 1. The predicted molar refractivity (Wildman–Crippen MR) is 38.2 cm³/mol. The Morgan fingerprint density at radius 3 is 2.27 bits per heavy atom. The van der Waals surface area contributed by atoms with Crippen LogP contribution in [0.25, 0.3) is 0 Å². The minimum Gasteiger partial charge on any atom is -0.481 e. The SMILES string of the molecule is C=CC[C@H](CC(=O)O)C(=O)O. The summed E-state index contributed by atoms with van der Waals surface area (Å²) >= 11 is 0. The first-order valence-electron chi connectivity index (χ1n) is 3.13. The van der Waals surface area contributed by atoms with Crippen LogP contribution in [0.2, 0.25) is 0 Å². The molecule has 0 aromatic carbocycles. The minimum absolute atomic E-state index is 0.196. The highest BCUT2D eigenvalue weighted by molar-refractivity contribution is 5.77. The smallest absolute Gasteiger partial charge is 0.307 e. The molecule has 0 spiro atoms. The van der Waals surface area contributed by atoms with Crippen LogP contribution in [0.15, 0.2) is 12.7 Å². The van der Waals surface area contributed by atoms with Gasteiger partial charge in [0.15, 0.2) is 0 Å². The summed E-state index contributed by atoms with van der Waals surface area (Å²) in [7, 11) is 0. The lowest BCUT2D eigenvalue weighted by molar-refractivity contribution is -0.148. The van der Waals surface area contributed by atoms with Crippen LogP contribution < -0.4 is 0 Å². The largest absolute Gasteiger partial charge is 0.481 e. The van der Waals surface area contributed by atoms with Crippen LogP contribution in [-0.4, -0.2) is 22.2 Å². The van der Waals surface area contributed by atoms with Gasteiger partial charge in [-0.05, 0) is 6.42 Å². The summed E-state index contributed by atoms with van der Waals surface area (Å²) in [6.07, 6.45) is 1.25. The van der Waals surface area contributed by atoms with Crippen LogP contribution in [0.4, 0.5) is 0 Å². The molecule has 0 aromatic rings. The van der Waals surface area contributed by atoms with E-state index < -0.39 is 17.9 Å². The Hall–Kier alpha value is -1.32. The maximum atomic E-state index is 10.3. The van der Waals surface area contributed by atoms with Crippen molar-refractivity contribution in [2.45, 2.75) is 12.8 Å². The monoisotopic (exact) mass is 158 g/mol. The number of carboxylic acids is 2. The molecule has 0 bridgehead atoms. The highest BCUT2D eigenvalue weighted by atomic mass is 16.4. The Morgan fingerprint density at radius 1 is 1.45 bits per heavy atom. The zero-order chi connectivity index (χ0) is 8.85. The number of carboxylic acid groups (broad SMARTS) is 2. The van der Waals surface area contributed by atoms with Crippen molar-refractivity contribution >= 4 is 11.9 Å². The number of rotatable bonds is 5. The summed E-state index contributed by atoms with van der Waals surface area (Å²) in [5, 5.41) is 16.7. The topological polar surface area (TPSA) is 74.6 Å². The van der Waals surface area contributed by atoms with Crippen molar-refractivity contribution in [1.82, 2.24) is 0 Å². The summed E-state index contributed by atoms with van der Waals surface area (Å²) < 4.78 is 0. The van der Waals surface area contributed by atoms with Crippen molar-refractivity contribution in [3.63, 3.8) is 0 Å². The van der Waals surface area contributed by atoms with Crippen molar-refractivity contribution in [2.24, 2.45) is 5.92 Å². The van der Waals surface area contributed by atoms with Crippen LogP contribution in [0, 0.1) is 5.92 Å². The molecule has 4 heteroatoms. The van der Waals surface area contributed by atoms with Crippen LogP contribution in [0.1, 0.15) is 12.8 Å². The summed E-state index contributed by atoms with van der Waals surface area (Å²) in [6, 6.07) is 0.